The summed E-state index contributed by atoms with van der Waals surface area (Å²) in [6.45, 7) is 10.0. The van der Waals surface area contributed by atoms with Crippen LogP contribution in [0.1, 0.15) is 65.7 Å². The minimum absolute atomic E-state index is 0.0837. The van der Waals surface area contributed by atoms with Crippen LogP contribution in [0.3, 0.4) is 0 Å². The average molecular weight is 240 g/mol. The predicted molar refractivity (Wildman–Crippen MR) is 72.9 cm³/mol. The molecule has 100 valence electrons. The van der Waals surface area contributed by atoms with Crippen molar-refractivity contribution in [2.45, 2.75) is 71.8 Å². The van der Waals surface area contributed by atoms with Crippen molar-refractivity contribution in [1.29, 1.82) is 0 Å². The summed E-state index contributed by atoms with van der Waals surface area (Å²) in [5.41, 5.74) is 0. The molecule has 0 aliphatic heterocycles. The smallest absolute Gasteiger partial charge is 0.330 e. The number of ether oxygens (including phenoxy) is 1. The van der Waals surface area contributed by atoms with E-state index in [1.807, 2.05) is 0 Å². The van der Waals surface area contributed by atoms with Gasteiger partial charge < -0.3 is 4.74 Å². The molecule has 17 heavy (non-hydrogen) atoms. The Morgan fingerprint density at radius 3 is 2.12 bits per heavy atom. The number of esters is 1. The van der Waals surface area contributed by atoms with Crippen LogP contribution in [-0.4, -0.2) is 12.1 Å². The second-order valence-electron chi connectivity index (χ2n) is 4.66. The Labute approximate surface area is 106 Å². The monoisotopic (exact) mass is 240 g/mol. The fourth-order valence-electron chi connectivity index (χ4n) is 2.25. The van der Waals surface area contributed by atoms with Crippen molar-refractivity contribution in [3.05, 3.63) is 12.7 Å². The highest BCUT2D eigenvalue weighted by Crippen LogP contribution is 2.24. The van der Waals surface area contributed by atoms with Gasteiger partial charge in [-0.2, -0.15) is 0 Å². The molecule has 1 unspecified atom stereocenters. The predicted octanol–water partition coefficient (Wildman–Crippen LogP) is 4.49. The maximum Gasteiger partial charge on any atom is 0.330 e. The Balaban J connectivity index is 4.46. The summed E-state index contributed by atoms with van der Waals surface area (Å²) < 4.78 is 5.51. The minimum atomic E-state index is -0.275. The van der Waals surface area contributed by atoms with Gasteiger partial charge in [-0.05, 0) is 25.2 Å². The molecule has 0 heterocycles. The van der Waals surface area contributed by atoms with E-state index < -0.39 is 0 Å². The molecule has 0 aliphatic carbocycles. The van der Waals surface area contributed by atoms with E-state index in [1.165, 1.54) is 6.08 Å². The molecule has 0 spiro atoms. The molecule has 0 bridgehead atoms. The zero-order valence-corrected chi connectivity index (χ0v) is 11.7. The Bertz CT molecular complexity index is 205. The Kier molecular flexibility index (Phi) is 9.89. The highest BCUT2D eigenvalue weighted by atomic mass is 16.5. The van der Waals surface area contributed by atoms with Gasteiger partial charge in [0.1, 0.15) is 6.10 Å². The Hall–Kier alpha value is -0.790. The van der Waals surface area contributed by atoms with Crippen LogP contribution >= 0.6 is 0 Å². The average Bonchev–Trinajstić information content (AvgIpc) is 2.34. The van der Waals surface area contributed by atoms with Crippen molar-refractivity contribution in [3.8, 4) is 0 Å². The van der Waals surface area contributed by atoms with Crippen LogP contribution in [0.5, 0.6) is 0 Å². The highest BCUT2D eigenvalue weighted by molar-refractivity contribution is 5.81. The van der Waals surface area contributed by atoms with Gasteiger partial charge in [0, 0.05) is 6.08 Å². The molecule has 0 amide bonds. The van der Waals surface area contributed by atoms with Crippen LogP contribution in [0.2, 0.25) is 0 Å². The van der Waals surface area contributed by atoms with Crippen LogP contribution in [0.25, 0.3) is 0 Å². The molecule has 0 N–H and O–H groups in total. The molecule has 0 radical (unpaired) electrons. The van der Waals surface area contributed by atoms with Crippen molar-refractivity contribution in [2.24, 2.45) is 5.92 Å². The summed E-state index contributed by atoms with van der Waals surface area (Å²) >= 11 is 0. The number of carbonyl (C=O) groups excluding carboxylic acids is 1. The van der Waals surface area contributed by atoms with E-state index >= 15 is 0 Å². The zero-order chi connectivity index (χ0) is 13.1. The van der Waals surface area contributed by atoms with Gasteiger partial charge in [0.05, 0.1) is 0 Å². The van der Waals surface area contributed by atoms with Crippen LogP contribution in [0.4, 0.5) is 0 Å². The van der Waals surface area contributed by atoms with E-state index in [0.29, 0.717) is 5.92 Å². The second-order valence-corrected chi connectivity index (χ2v) is 4.66. The maximum absolute atomic E-state index is 11.4. The first-order valence-electron chi connectivity index (χ1n) is 7.02. The molecule has 0 rings (SSSR count). The topological polar surface area (TPSA) is 26.3 Å². The number of rotatable bonds is 10. The van der Waals surface area contributed by atoms with E-state index in [2.05, 4.69) is 27.4 Å². The van der Waals surface area contributed by atoms with Crippen LogP contribution in [0, 0.1) is 5.92 Å². The number of hydrogen-bond acceptors (Lipinski definition) is 2. The van der Waals surface area contributed by atoms with Crippen molar-refractivity contribution < 1.29 is 9.53 Å². The first kappa shape index (κ1) is 16.2. The summed E-state index contributed by atoms with van der Waals surface area (Å²) in [6, 6.07) is 0. The summed E-state index contributed by atoms with van der Waals surface area (Å²) in [6.07, 6.45) is 9.21. The van der Waals surface area contributed by atoms with Crippen molar-refractivity contribution in [1.82, 2.24) is 0 Å². The third-order valence-corrected chi connectivity index (χ3v) is 3.12. The molecule has 0 saturated heterocycles. The molecule has 0 aromatic carbocycles. The van der Waals surface area contributed by atoms with Gasteiger partial charge in [-0.1, -0.05) is 53.0 Å². The van der Waals surface area contributed by atoms with Crippen molar-refractivity contribution in [3.63, 3.8) is 0 Å². The molecule has 0 aliphatic rings. The SMILES string of the molecule is C=CC(=O)OC(CCCC)C(CCC)CCC. The maximum atomic E-state index is 11.4. The quantitative estimate of drug-likeness (QED) is 0.415. The van der Waals surface area contributed by atoms with Crippen molar-refractivity contribution in [2.75, 3.05) is 0 Å². The molecular formula is C15H28O2. The molecule has 0 fully saturated rings. The standard InChI is InChI=1S/C15H28O2/c1-5-9-12-14(17-15(16)8-4)13(10-6-2)11-7-3/h8,13-14H,4-7,9-12H2,1-3H3. The molecule has 2 heteroatoms. The molecule has 0 aromatic rings. The lowest BCUT2D eigenvalue weighted by atomic mass is 9.89. The number of carbonyl (C=O) groups is 1. The van der Waals surface area contributed by atoms with E-state index in [-0.39, 0.29) is 12.1 Å². The summed E-state index contributed by atoms with van der Waals surface area (Å²) in [4.78, 5) is 11.4. The lowest BCUT2D eigenvalue weighted by Gasteiger charge is -2.26. The van der Waals surface area contributed by atoms with Gasteiger partial charge in [0.25, 0.3) is 0 Å². The summed E-state index contributed by atoms with van der Waals surface area (Å²) in [7, 11) is 0. The van der Waals surface area contributed by atoms with E-state index in [1.54, 1.807) is 0 Å². The molecule has 2 nitrogen and oxygen atoms in total. The van der Waals surface area contributed by atoms with E-state index in [4.69, 9.17) is 4.74 Å². The fraction of sp³-hybridized carbons (Fsp3) is 0.800. The number of unbranched alkanes of at least 4 members (excludes halogenated alkanes) is 1. The molecule has 0 aromatic heterocycles. The normalized spacial score (nSPS) is 12.5. The van der Waals surface area contributed by atoms with E-state index in [0.717, 1.165) is 44.9 Å². The largest absolute Gasteiger partial charge is 0.459 e. The van der Waals surface area contributed by atoms with Crippen LogP contribution in [0.15, 0.2) is 12.7 Å². The third-order valence-electron chi connectivity index (χ3n) is 3.12. The summed E-state index contributed by atoms with van der Waals surface area (Å²) in [5, 5.41) is 0. The van der Waals surface area contributed by atoms with Crippen LogP contribution < -0.4 is 0 Å². The lowest BCUT2D eigenvalue weighted by Crippen LogP contribution is -2.26. The first-order chi connectivity index (χ1) is 8.19. The zero-order valence-electron chi connectivity index (χ0n) is 11.7. The van der Waals surface area contributed by atoms with Gasteiger partial charge in [0.2, 0.25) is 0 Å². The fourth-order valence-corrected chi connectivity index (χ4v) is 2.25. The molecular weight excluding hydrogens is 212 g/mol. The minimum Gasteiger partial charge on any atom is -0.459 e. The van der Waals surface area contributed by atoms with Crippen LogP contribution in [-0.2, 0) is 9.53 Å². The highest BCUT2D eigenvalue weighted by Gasteiger charge is 2.22. The molecule has 0 saturated carbocycles. The second kappa shape index (κ2) is 10.4. The van der Waals surface area contributed by atoms with Gasteiger partial charge in [-0.3, -0.25) is 0 Å². The Morgan fingerprint density at radius 2 is 1.71 bits per heavy atom. The number of hydrogen-bond donors (Lipinski definition) is 0. The summed E-state index contributed by atoms with van der Waals surface area (Å²) in [5.74, 6) is 0.240. The van der Waals surface area contributed by atoms with Gasteiger partial charge in [-0.25, -0.2) is 4.79 Å². The van der Waals surface area contributed by atoms with Gasteiger partial charge in [-0.15, -0.1) is 0 Å². The first-order valence-corrected chi connectivity index (χ1v) is 7.02. The Morgan fingerprint density at radius 1 is 1.12 bits per heavy atom. The van der Waals surface area contributed by atoms with Gasteiger partial charge in [0.15, 0.2) is 0 Å². The van der Waals surface area contributed by atoms with Crippen molar-refractivity contribution >= 4 is 5.97 Å². The van der Waals surface area contributed by atoms with E-state index in [9.17, 15) is 4.79 Å². The third kappa shape index (κ3) is 7.19. The van der Waals surface area contributed by atoms with Gasteiger partial charge >= 0.3 is 5.97 Å². The lowest BCUT2D eigenvalue weighted by molar-refractivity contribution is -0.146. The molecule has 1 atom stereocenters.